The summed E-state index contributed by atoms with van der Waals surface area (Å²) in [5.74, 6) is -0.512. The van der Waals surface area contributed by atoms with E-state index >= 15 is 0 Å². The molecule has 8 heteroatoms. The number of rotatable bonds is 7. The average molecular weight is 475 g/mol. The lowest BCUT2D eigenvalue weighted by atomic mass is 9.56. The van der Waals surface area contributed by atoms with Gasteiger partial charge in [-0.1, -0.05) is 13.0 Å². The molecule has 1 saturated heterocycles. The summed E-state index contributed by atoms with van der Waals surface area (Å²) in [4.78, 5) is 14.9. The summed E-state index contributed by atoms with van der Waals surface area (Å²) in [7, 11) is 0.00733. The molecule has 1 amide bonds. The van der Waals surface area contributed by atoms with Gasteiger partial charge in [0.1, 0.15) is 17.3 Å². The maximum absolute atomic E-state index is 13.1. The molecule has 2 aromatic rings. The number of hydrogen-bond donors (Lipinski definition) is 1. The predicted molar refractivity (Wildman–Crippen MR) is 125 cm³/mol. The van der Waals surface area contributed by atoms with Crippen LogP contribution in [0, 0.1) is 11.7 Å². The number of methoxy groups -OCH3 is 1. The number of nitrogens with one attached hydrogen (secondary N) is 1. The van der Waals surface area contributed by atoms with Gasteiger partial charge >= 0.3 is 0 Å². The highest BCUT2D eigenvalue weighted by molar-refractivity contribution is 7.92. The Morgan fingerprint density at radius 2 is 1.97 bits per heavy atom. The second-order valence-electron chi connectivity index (χ2n) is 9.28. The van der Waals surface area contributed by atoms with Gasteiger partial charge in [0.05, 0.1) is 12.0 Å². The Bertz CT molecular complexity index is 1140. The van der Waals surface area contributed by atoms with Gasteiger partial charge < -0.3 is 15.0 Å². The predicted octanol–water partition coefficient (Wildman–Crippen LogP) is 2.95. The summed E-state index contributed by atoms with van der Waals surface area (Å²) >= 11 is 0. The molecule has 1 aliphatic carbocycles. The van der Waals surface area contributed by atoms with Gasteiger partial charge in [-0.2, -0.15) is 0 Å². The highest BCUT2D eigenvalue weighted by Crippen LogP contribution is 2.51. The van der Waals surface area contributed by atoms with Crippen molar-refractivity contribution in [3.63, 3.8) is 0 Å². The molecule has 0 radical (unpaired) electrons. The molecule has 3 atom stereocenters. The lowest BCUT2D eigenvalue weighted by molar-refractivity contribution is -0.118. The van der Waals surface area contributed by atoms with Crippen LogP contribution in [0.1, 0.15) is 30.9 Å². The van der Waals surface area contributed by atoms with Crippen LogP contribution in [0.3, 0.4) is 0 Å². The fourth-order valence-electron chi connectivity index (χ4n) is 5.64. The number of amides is 1. The fraction of sp³-hybridized carbons (Fsp3) is 0.480. The number of carbonyl (C=O) groups excluding carboxylic acids is 1. The molecule has 4 rings (SSSR count). The number of likely N-dealkylation sites (tertiary alicyclic amines) is 1. The number of likely N-dealkylation sites (N-methyl/N-ethyl adjacent to an activating group) is 1. The zero-order valence-electron chi connectivity index (χ0n) is 19.3. The first-order valence-electron chi connectivity index (χ1n) is 11.3. The molecule has 2 aliphatic rings. The summed E-state index contributed by atoms with van der Waals surface area (Å²) in [6.07, 6.45) is 2.67. The summed E-state index contributed by atoms with van der Waals surface area (Å²) in [6.45, 7) is 3.64. The van der Waals surface area contributed by atoms with Gasteiger partial charge in [-0.25, -0.2) is 12.8 Å². The molecule has 178 valence electrons. The van der Waals surface area contributed by atoms with Crippen LogP contribution in [0.25, 0.3) is 0 Å². The number of ether oxygens (including phenoxy) is 1. The molecule has 1 aliphatic heterocycles. The number of sulfone groups is 1. The minimum absolute atomic E-state index is 0.0577. The average Bonchev–Trinajstić information content (AvgIpc) is 2.77. The number of benzene rings is 2. The monoisotopic (exact) mass is 474 g/mol. The van der Waals surface area contributed by atoms with Crippen molar-refractivity contribution in [2.24, 2.45) is 5.92 Å². The van der Waals surface area contributed by atoms with Crippen molar-refractivity contribution in [2.45, 2.75) is 42.5 Å². The van der Waals surface area contributed by atoms with E-state index < -0.39 is 27.3 Å². The van der Waals surface area contributed by atoms with Crippen LogP contribution in [0.2, 0.25) is 0 Å². The zero-order valence-corrected chi connectivity index (χ0v) is 20.1. The molecule has 0 saturated carbocycles. The van der Waals surface area contributed by atoms with Crippen LogP contribution in [0.4, 0.5) is 4.39 Å². The van der Waals surface area contributed by atoms with E-state index in [1.807, 2.05) is 6.07 Å². The number of carbonyl (C=O) groups is 1. The molecular formula is C25H31FN2O4S. The van der Waals surface area contributed by atoms with Gasteiger partial charge in [-0.05, 0) is 86.3 Å². The second kappa shape index (κ2) is 9.06. The third kappa shape index (κ3) is 4.51. The molecule has 1 heterocycles. The van der Waals surface area contributed by atoms with Gasteiger partial charge in [0, 0.05) is 18.0 Å². The van der Waals surface area contributed by atoms with Crippen LogP contribution >= 0.6 is 0 Å². The third-order valence-corrected chi connectivity index (χ3v) is 9.23. The highest BCUT2D eigenvalue weighted by Gasteiger charge is 2.50. The molecule has 0 aromatic heterocycles. The normalized spacial score (nSPS) is 24.7. The van der Waals surface area contributed by atoms with Crippen molar-refractivity contribution >= 4 is 15.7 Å². The van der Waals surface area contributed by atoms with E-state index in [1.165, 1.54) is 23.3 Å². The molecule has 0 spiro atoms. The largest absolute Gasteiger partial charge is 0.497 e. The molecule has 33 heavy (non-hydrogen) atoms. The molecule has 0 unspecified atom stereocenters. The van der Waals surface area contributed by atoms with Crippen molar-refractivity contribution in [1.82, 2.24) is 10.2 Å². The van der Waals surface area contributed by atoms with Crippen molar-refractivity contribution in [2.75, 3.05) is 33.0 Å². The van der Waals surface area contributed by atoms with Gasteiger partial charge in [-0.3, -0.25) is 4.79 Å². The Hall–Kier alpha value is -2.45. The molecule has 2 aromatic carbocycles. The smallest absolute Gasteiger partial charge is 0.235 e. The molecule has 2 bridgehead atoms. The van der Waals surface area contributed by atoms with Gasteiger partial charge in [0.15, 0.2) is 9.84 Å². The first kappa shape index (κ1) is 23.7. The van der Waals surface area contributed by atoms with Crippen LogP contribution in [-0.4, -0.2) is 58.3 Å². The molecule has 1 N–H and O–H groups in total. The summed E-state index contributed by atoms with van der Waals surface area (Å²) < 4.78 is 43.6. The Balaban J connectivity index is 1.49. The van der Waals surface area contributed by atoms with Gasteiger partial charge in [0.25, 0.3) is 0 Å². The number of hydrogen-bond acceptors (Lipinski definition) is 5. The summed E-state index contributed by atoms with van der Waals surface area (Å²) in [5.41, 5.74) is 2.49. The highest BCUT2D eigenvalue weighted by atomic mass is 32.2. The van der Waals surface area contributed by atoms with E-state index in [1.54, 1.807) is 7.11 Å². The Morgan fingerprint density at radius 1 is 1.24 bits per heavy atom. The standard InChI is InChI=1S/C25H31FN2O4S/c1-17-23-14-18-4-7-20(32-3)15-22(18)25(17,11-13-28(23)2)10-12-27-24(29)16-33(30,31)21-8-5-19(26)6-9-21/h4-9,15,17,23H,10-14,16H2,1-3H3,(H,27,29)/t17-,23+,25+/m0/s1. The number of fused-ring (bicyclic) bond motifs is 4. The Morgan fingerprint density at radius 3 is 2.67 bits per heavy atom. The van der Waals surface area contributed by atoms with E-state index in [-0.39, 0.29) is 10.3 Å². The maximum atomic E-state index is 13.1. The third-order valence-electron chi connectivity index (χ3n) is 7.60. The van der Waals surface area contributed by atoms with Gasteiger partial charge in [-0.15, -0.1) is 0 Å². The van der Waals surface area contributed by atoms with Crippen LogP contribution < -0.4 is 10.1 Å². The van der Waals surface area contributed by atoms with E-state index in [0.717, 1.165) is 43.7 Å². The first-order chi connectivity index (χ1) is 15.7. The van der Waals surface area contributed by atoms with E-state index in [2.05, 4.69) is 36.3 Å². The zero-order chi connectivity index (χ0) is 23.8. The van der Waals surface area contributed by atoms with Crippen LogP contribution in [-0.2, 0) is 26.5 Å². The number of piperidine rings is 1. The van der Waals surface area contributed by atoms with Crippen molar-refractivity contribution in [1.29, 1.82) is 0 Å². The number of halogens is 1. The maximum Gasteiger partial charge on any atom is 0.235 e. The van der Waals surface area contributed by atoms with Crippen molar-refractivity contribution in [3.8, 4) is 5.75 Å². The van der Waals surface area contributed by atoms with Crippen molar-refractivity contribution < 1.29 is 22.3 Å². The minimum atomic E-state index is -3.83. The summed E-state index contributed by atoms with van der Waals surface area (Å²) in [5, 5.41) is 2.82. The van der Waals surface area contributed by atoms with Crippen LogP contribution in [0.5, 0.6) is 5.75 Å². The fourth-order valence-corrected chi connectivity index (χ4v) is 6.81. The SMILES string of the molecule is COc1ccc2c(c1)[C@]1(CCNC(=O)CS(=O)(=O)c3ccc(F)cc3)CCN(C)[C@H](C2)[C@@H]1C. The Kier molecular flexibility index (Phi) is 6.51. The van der Waals surface area contributed by atoms with E-state index in [4.69, 9.17) is 4.74 Å². The van der Waals surface area contributed by atoms with Crippen molar-refractivity contribution in [3.05, 3.63) is 59.4 Å². The Labute approximate surface area is 195 Å². The summed E-state index contributed by atoms with van der Waals surface area (Å²) in [6, 6.07) is 11.2. The number of nitrogens with zero attached hydrogens (tertiary/aromatic N) is 1. The molecule has 6 nitrogen and oxygen atoms in total. The second-order valence-corrected chi connectivity index (χ2v) is 11.3. The van der Waals surface area contributed by atoms with E-state index in [0.29, 0.717) is 18.5 Å². The topological polar surface area (TPSA) is 75.7 Å². The molecule has 1 fully saturated rings. The van der Waals surface area contributed by atoms with Crippen LogP contribution in [0.15, 0.2) is 47.4 Å². The van der Waals surface area contributed by atoms with Gasteiger partial charge in [0.2, 0.25) is 5.91 Å². The quantitative estimate of drug-likeness (QED) is 0.625. The first-order valence-corrected chi connectivity index (χ1v) is 12.9. The lowest BCUT2D eigenvalue weighted by Gasteiger charge is -2.55. The lowest BCUT2D eigenvalue weighted by Crippen LogP contribution is -2.58. The minimum Gasteiger partial charge on any atom is -0.497 e. The molecular weight excluding hydrogens is 443 g/mol. The van der Waals surface area contributed by atoms with E-state index in [9.17, 15) is 17.6 Å².